The summed E-state index contributed by atoms with van der Waals surface area (Å²) in [5.41, 5.74) is 5.53. The summed E-state index contributed by atoms with van der Waals surface area (Å²) in [5.74, 6) is -1.18. The highest BCUT2D eigenvalue weighted by molar-refractivity contribution is 7.84. The highest BCUT2D eigenvalue weighted by Crippen LogP contribution is 2.44. The minimum Gasteiger partial charge on any atom is -0.481 e. The number of hydrogen-bond donors (Lipinski definition) is 1. The number of benzene rings is 1. The first-order valence-corrected chi connectivity index (χ1v) is 12.3. The van der Waals surface area contributed by atoms with E-state index in [-0.39, 0.29) is 5.92 Å². The number of pyridine rings is 1. The van der Waals surface area contributed by atoms with Gasteiger partial charge in [-0.15, -0.1) is 0 Å². The molecule has 1 N–H and O–H groups in total. The number of carboxylic acid groups (broad SMARTS) is 1. The van der Waals surface area contributed by atoms with Gasteiger partial charge < -0.3 is 9.51 Å². The van der Waals surface area contributed by atoms with Gasteiger partial charge in [0.15, 0.2) is 0 Å². The third-order valence-corrected chi connectivity index (χ3v) is 7.52. The van der Waals surface area contributed by atoms with Crippen molar-refractivity contribution in [3.8, 4) is 0 Å². The van der Waals surface area contributed by atoms with E-state index in [1.54, 1.807) is 6.26 Å². The number of aryl methyl sites for hydroxylation is 1. The van der Waals surface area contributed by atoms with Gasteiger partial charge in [0.1, 0.15) is 0 Å². The lowest BCUT2D eigenvalue weighted by Crippen LogP contribution is -2.25. The van der Waals surface area contributed by atoms with Crippen LogP contribution in [0.1, 0.15) is 54.5 Å². The fraction of sp³-hybridized carbons (Fsp3) is 0.375. The number of carbonyl (C=O) groups is 1. The predicted molar refractivity (Wildman–Crippen MR) is 121 cm³/mol. The molecule has 2 heterocycles. The Balaban J connectivity index is 2.00. The Hall–Kier alpha value is -2.11. The van der Waals surface area contributed by atoms with Gasteiger partial charge in [0.05, 0.1) is 27.1 Å². The Bertz CT molecular complexity index is 1120. The van der Waals surface area contributed by atoms with E-state index in [4.69, 9.17) is 11.6 Å². The van der Waals surface area contributed by atoms with E-state index in [0.717, 1.165) is 46.4 Å². The fourth-order valence-electron chi connectivity index (χ4n) is 5.02. The molecule has 158 valence electrons. The van der Waals surface area contributed by atoms with Crippen molar-refractivity contribution in [3.63, 3.8) is 0 Å². The van der Waals surface area contributed by atoms with E-state index in [0.29, 0.717) is 17.9 Å². The lowest BCUT2D eigenvalue weighted by molar-refractivity contribution is -0.142. The molecule has 30 heavy (non-hydrogen) atoms. The lowest BCUT2D eigenvalue weighted by Gasteiger charge is -2.29. The highest BCUT2D eigenvalue weighted by atomic mass is 35.5. The van der Waals surface area contributed by atoms with Crippen LogP contribution in [-0.2, 0) is 28.4 Å². The van der Waals surface area contributed by atoms with Crippen molar-refractivity contribution in [1.82, 2.24) is 4.40 Å². The first-order chi connectivity index (χ1) is 14.4. The summed E-state index contributed by atoms with van der Waals surface area (Å²) in [6.07, 6.45) is 7.73. The molecule has 0 amide bonds. The standard InChI is InChI=1S/C24H26ClNO3S/c1-3-17(24(27)28)18-6-4-7-20-22(18)19(14-15-9-11-16(25)12-10-15)23-21(30(2)29)8-5-13-26(20)23/h5,8-13,17-18H,3-4,6-7,14H2,1-2H3,(H,27,28). The van der Waals surface area contributed by atoms with Crippen LogP contribution in [0.2, 0.25) is 5.02 Å². The number of aromatic nitrogens is 1. The number of carboxylic acids is 1. The molecule has 4 rings (SSSR count). The molecule has 0 radical (unpaired) electrons. The smallest absolute Gasteiger partial charge is 0.307 e. The summed E-state index contributed by atoms with van der Waals surface area (Å²) in [4.78, 5) is 12.9. The molecule has 0 saturated carbocycles. The first kappa shape index (κ1) is 21.1. The zero-order valence-corrected chi connectivity index (χ0v) is 18.8. The van der Waals surface area contributed by atoms with Crippen molar-refractivity contribution >= 4 is 33.9 Å². The van der Waals surface area contributed by atoms with Crippen LogP contribution < -0.4 is 0 Å². The third kappa shape index (κ3) is 3.69. The van der Waals surface area contributed by atoms with Crippen LogP contribution in [0.25, 0.3) is 5.52 Å². The maximum atomic E-state index is 12.6. The van der Waals surface area contributed by atoms with Crippen molar-refractivity contribution < 1.29 is 14.1 Å². The molecule has 1 aliphatic carbocycles. The number of hydrogen-bond acceptors (Lipinski definition) is 2. The maximum Gasteiger partial charge on any atom is 0.307 e. The zero-order valence-electron chi connectivity index (χ0n) is 17.2. The van der Waals surface area contributed by atoms with Gasteiger partial charge in [-0.25, -0.2) is 0 Å². The van der Waals surface area contributed by atoms with Gasteiger partial charge in [-0.2, -0.15) is 0 Å². The van der Waals surface area contributed by atoms with Crippen molar-refractivity contribution in [2.75, 3.05) is 6.26 Å². The van der Waals surface area contributed by atoms with Crippen molar-refractivity contribution in [3.05, 3.63) is 70.0 Å². The Labute approximate surface area is 184 Å². The summed E-state index contributed by atoms with van der Waals surface area (Å²) in [5, 5.41) is 10.6. The van der Waals surface area contributed by atoms with Gasteiger partial charge in [-0.1, -0.05) is 30.7 Å². The van der Waals surface area contributed by atoms with Gasteiger partial charge in [0.2, 0.25) is 0 Å². The second-order valence-electron chi connectivity index (χ2n) is 8.04. The number of fused-ring (bicyclic) bond motifs is 3. The van der Waals surface area contributed by atoms with E-state index < -0.39 is 22.7 Å². The third-order valence-electron chi connectivity index (χ3n) is 6.32. The second kappa shape index (κ2) is 8.56. The van der Waals surface area contributed by atoms with Gasteiger partial charge in [0, 0.05) is 23.2 Å². The number of aliphatic carboxylic acids is 1. The van der Waals surface area contributed by atoms with Gasteiger partial charge in [0.25, 0.3) is 0 Å². The lowest BCUT2D eigenvalue weighted by atomic mass is 9.75. The SMILES string of the molecule is CCC(C(=O)O)C1CCCc2c1c(Cc1ccc(Cl)cc1)c1c(S(C)=O)cccn21. The van der Waals surface area contributed by atoms with Crippen LogP contribution in [-0.4, -0.2) is 25.9 Å². The molecule has 6 heteroatoms. The normalized spacial score (nSPS) is 18.2. The first-order valence-electron chi connectivity index (χ1n) is 10.4. The molecule has 0 bridgehead atoms. The average molecular weight is 444 g/mol. The summed E-state index contributed by atoms with van der Waals surface area (Å²) in [7, 11) is -1.14. The van der Waals surface area contributed by atoms with Crippen molar-refractivity contribution in [1.29, 1.82) is 0 Å². The minimum atomic E-state index is -1.14. The Morgan fingerprint density at radius 2 is 2.03 bits per heavy atom. The molecule has 1 aliphatic rings. The fourth-order valence-corrected chi connectivity index (χ4v) is 5.91. The highest BCUT2D eigenvalue weighted by Gasteiger charge is 2.36. The molecular formula is C24H26ClNO3S. The summed E-state index contributed by atoms with van der Waals surface area (Å²) in [6.45, 7) is 1.95. The molecule has 3 aromatic rings. The van der Waals surface area contributed by atoms with Crippen LogP contribution in [0, 0.1) is 5.92 Å². The van der Waals surface area contributed by atoms with Gasteiger partial charge in [-0.3, -0.25) is 9.00 Å². The van der Waals surface area contributed by atoms with E-state index in [1.165, 1.54) is 5.69 Å². The molecule has 2 aromatic heterocycles. The monoisotopic (exact) mass is 443 g/mol. The summed E-state index contributed by atoms with van der Waals surface area (Å²) < 4.78 is 14.8. The Kier molecular flexibility index (Phi) is 6.03. The van der Waals surface area contributed by atoms with E-state index in [9.17, 15) is 14.1 Å². The number of rotatable bonds is 6. The molecule has 0 saturated heterocycles. The van der Waals surface area contributed by atoms with E-state index >= 15 is 0 Å². The molecule has 3 atom stereocenters. The van der Waals surface area contributed by atoms with Crippen LogP contribution in [0.15, 0.2) is 47.5 Å². The van der Waals surface area contributed by atoms with E-state index in [1.807, 2.05) is 49.5 Å². The zero-order chi connectivity index (χ0) is 21.4. The number of nitrogens with zero attached hydrogens (tertiary/aromatic N) is 1. The quantitative estimate of drug-likeness (QED) is 0.551. The summed E-state index contributed by atoms with van der Waals surface area (Å²) >= 11 is 6.08. The second-order valence-corrected chi connectivity index (χ2v) is 9.82. The maximum absolute atomic E-state index is 12.6. The largest absolute Gasteiger partial charge is 0.481 e. The molecule has 0 spiro atoms. The molecule has 1 aromatic carbocycles. The average Bonchev–Trinajstić information content (AvgIpc) is 3.04. The van der Waals surface area contributed by atoms with Gasteiger partial charge >= 0.3 is 5.97 Å². The minimum absolute atomic E-state index is 0.0309. The topological polar surface area (TPSA) is 58.8 Å². The predicted octanol–water partition coefficient (Wildman–Crippen LogP) is 5.45. The Morgan fingerprint density at radius 1 is 1.30 bits per heavy atom. The van der Waals surface area contributed by atoms with Crippen molar-refractivity contribution in [2.24, 2.45) is 5.92 Å². The molecular weight excluding hydrogens is 418 g/mol. The van der Waals surface area contributed by atoms with Gasteiger partial charge in [-0.05, 0) is 79.0 Å². The van der Waals surface area contributed by atoms with Crippen LogP contribution in [0.4, 0.5) is 0 Å². The van der Waals surface area contributed by atoms with E-state index in [2.05, 4.69) is 4.40 Å². The van der Waals surface area contributed by atoms with Crippen LogP contribution >= 0.6 is 11.6 Å². The number of halogens is 1. The molecule has 0 fully saturated rings. The Morgan fingerprint density at radius 3 is 2.67 bits per heavy atom. The van der Waals surface area contributed by atoms with Crippen LogP contribution in [0.3, 0.4) is 0 Å². The molecule has 0 aliphatic heterocycles. The van der Waals surface area contributed by atoms with Crippen molar-refractivity contribution in [2.45, 2.75) is 49.8 Å². The molecule has 3 unspecified atom stereocenters. The molecule has 4 nitrogen and oxygen atoms in total. The van der Waals surface area contributed by atoms with Crippen LogP contribution in [0.5, 0.6) is 0 Å². The summed E-state index contributed by atoms with van der Waals surface area (Å²) in [6, 6.07) is 11.6.